The minimum absolute atomic E-state index is 0.0254. The number of rotatable bonds is 2. The Bertz CT molecular complexity index is 457. The largest absolute Gasteiger partial charge is 0.506 e. The van der Waals surface area contributed by atoms with Gasteiger partial charge in [-0.25, -0.2) is 4.98 Å². The highest BCUT2D eigenvalue weighted by atomic mass is 16.6. The van der Waals surface area contributed by atoms with Crippen LogP contribution >= 0.6 is 0 Å². The molecule has 0 amide bonds. The van der Waals surface area contributed by atoms with Crippen LogP contribution in [-0.4, -0.2) is 34.8 Å². The Hall–Kier alpha value is -1.78. The van der Waals surface area contributed by atoms with Crippen LogP contribution < -0.4 is 4.90 Å². The average Bonchev–Trinajstić information content (AvgIpc) is 2.38. The molecule has 0 saturated carbocycles. The summed E-state index contributed by atoms with van der Waals surface area (Å²) in [6, 6.07) is 3.42. The molecule has 1 aliphatic heterocycles. The van der Waals surface area contributed by atoms with Gasteiger partial charge in [0, 0.05) is 13.1 Å². The van der Waals surface area contributed by atoms with Gasteiger partial charge < -0.3 is 14.7 Å². The predicted molar refractivity (Wildman–Crippen MR) is 76.7 cm³/mol. The molecule has 5 nitrogen and oxygen atoms in total. The van der Waals surface area contributed by atoms with E-state index in [1.807, 2.05) is 20.8 Å². The van der Waals surface area contributed by atoms with Crippen molar-refractivity contribution in [3.63, 3.8) is 0 Å². The molecule has 1 aromatic heterocycles. The van der Waals surface area contributed by atoms with Crippen LogP contribution in [0.2, 0.25) is 0 Å². The molecule has 0 bridgehead atoms. The van der Waals surface area contributed by atoms with Crippen molar-refractivity contribution in [1.29, 1.82) is 0 Å². The standard InChI is InChI=1S/C15H22N2O3/c1-15(2,3)20-14(19)11-6-8-17(9-7-11)13-5-4-12(18)10-16-13/h4-5,10-11,18H,6-9H2,1-3H3. The van der Waals surface area contributed by atoms with Gasteiger partial charge in [0.1, 0.15) is 17.2 Å². The zero-order valence-electron chi connectivity index (χ0n) is 12.3. The fourth-order valence-electron chi connectivity index (χ4n) is 2.29. The van der Waals surface area contributed by atoms with Crippen LogP contribution in [-0.2, 0) is 9.53 Å². The lowest BCUT2D eigenvalue weighted by Crippen LogP contribution is -2.39. The van der Waals surface area contributed by atoms with Crippen LogP contribution in [0.25, 0.3) is 0 Å². The number of ether oxygens (including phenoxy) is 1. The molecule has 1 aliphatic rings. The third-order valence-electron chi connectivity index (χ3n) is 3.29. The van der Waals surface area contributed by atoms with Gasteiger partial charge in [-0.15, -0.1) is 0 Å². The predicted octanol–water partition coefficient (Wildman–Crippen LogP) is 2.35. The molecule has 0 radical (unpaired) electrons. The fourth-order valence-corrected chi connectivity index (χ4v) is 2.29. The summed E-state index contributed by atoms with van der Waals surface area (Å²) < 4.78 is 5.43. The lowest BCUT2D eigenvalue weighted by molar-refractivity contribution is -0.160. The first kappa shape index (κ1) is 14.6. The molecule has 0 atom stereocenters. The van der Waals surface area contributed by atoms with Crippen LogP contribution in [0, 0.1) is 5.92 Å². The molecular formula is C15H22N2O3. The number of aromatic nitrogens is 1. The SMILES string of the molecule is CC(C)(C)OC(=O)C1CCN(c2ccc(O)cn2)CC1. The van der Waals surface area contributed by atoms with Gasteiger partial charge in [0.15, 0.2) is 0 Å². The van der Waals surface area contributed by atoms with Gasteiger partial charge in [-0.05, 0) is 45.7 Å². The zero-order valence-corrected chi connectivity index (χ0v) is 12.3. The van der Waals surface area contributed by atoms with Gasteiger partial charge in [-0.3, -0.25) is 4.79 Å². The van der Waals surface area contributed by atoms with E-state index >= 15 is 0 Å². The van der Waals surface area contributed by atoms with E-state index in [4.69, 9.17) is 4.74 Å². The molecule has 1 aromatic rings. The van der Waals surface area contributed by atoms with Crippen molar-refractivity contribution in [3.05, 3.63) is 18.3 Å². The number of piperidine rings is 1. The van der Waals surface area contributed by atoms with Crippen molar-refractivity contribution in [2.24, 2.45) is 5.92 Å². The molecule has 110 valence electrons. The van der Waals surface area contributed by atoms with Crippen molar-refractivity contribution in [2.45, 2.75) is 39.2 Å². The van der Waals surface area contributed by atoms with Gasteiger partial charge in [0.2, 0.25) is 0 Å². The summed E-state index contributed by atoms with van der Waals surface area (Å²) in [5.74, 6) is 0.876. The maximum absolute atomic E-state index is 12.0. The van der Waals surface area contributed by atoms with Crippen LogP contribution in [0.4, 0.5) is 5.82 Å². The van der Waals surface area contributed by atoms with Crippen molar-refractivity contribution >= 4 is 11.8 Å². The first-order valence-electron chi connectivity index (χ1n) is 6.98. The molecule has 2 rings (SSSR count). The molecule has 5 heteroatoms. The van der Waals surface area contributed by atoms with E-state index in [1.54, 1.807) is 12.1 Å². The molecule has 0 aliphatic carbocycles. The molecule has 1 N–H and O–H groups in total. The lowest BCUT2D eigenvalue weighted by Gasteiger charge is -2.33. The molecule has 20 heavy (non-hydrogen) atoms. The number of hydrogen-bond donors (Lipinski definition) is 1. The summed E-state index contributed by atoms with van der Waals surface area (Å²) in [5, 5.41) is 9.24. The quantitative estimate of drug-likeness (QED) is 0.841. The number of carbonyl (C=O) groups excluding carboxylic acids is 1. The van der Waals surface area contributed by atoms with Crippen LogP contribution in [0.5, 0.6) is 5.75 Å². The molecule has 1 fully saturated rings. The van der Waals surface area contributed by atoms with Gasteiger partial charge in [-0.2, -0.15) is 0 Å². The summed E-state index contributed by atoms with van der Waals surface area (Å²) in [6.07, 6.45) is 2.99. The van der Waals surface area contributed by atoms with Crippen molar-refractivity contribution in [1.82, 2.24) is 4.98 Å². The monoisotopic (exact) mass is 278 g/mol. The molecule has 1 saturated heterocycles. The Balaban J connectivity index is 1.89. The number of hydrogen-bond acceptors (Lipinski definition) is 5. The van der Waals surface area contributed by atoms with Gasteiger partial charge in [0.05, 0.1) is 12.1 Å². The topological polar surface area (TPSA) is 62.7 Å². The van der Waals surface area contributed by atoms with Crippen LogP contribution in [0.15, 0.2) is 18.3 Å². The minimum Gasteiger partial charge on any atom is -0.506 e. The van der Waals surface area contributed by atoms with E-state index < -0.39 is 5.60 Å². The highest BCUT2D eigenvalue weighted by Gasteiger charge is 2.29. The number of carbonyl (C=O) groups is 1. The van der Waals surface area contributed by atoms with Crippen LogP contribution in [0.3, 0.4) is 0 Å². The second-order valence-electron chi connectivity index (χ2n) is 6.17. The van der Waals surface area contributed by atoms with Crippen LogP contribution in [0.1, 0.15) is 33.6 Å². The van der Waals surface area contributed by atoms with E-state index in [0.29, 0.717) is 0 Å². The first-order valence-corrected chi connectivity index (χ1v) is 6.98. The number of pyridine rings is 1. The Morgan fingerprint density at radius 1 is 1.35 bits per heavy atom. The van der Waals surface area contributed by atoms with Gasteiger partial charge in [0.25, 0.3) is 0 Å². The average molecular weight is 278 g/mol. The summed E-state index contributed by atoms with van der Waals surface area (Å²) in [6.45, 7) is 7.23. The Kier molecular flexibility index (Phi) is 4.16. The third kappa shape index (κ3) is 3.85. The fraction of sp³-hybridized carbons (Fsp3) is 0.600. The van der Waals surface area contributed by atoms with Crippen molar-refractivity contribution < 1.29 is 14.6 Å². The molecule has 0 spiro atoms. The van der Waals surface area contributed by atoms with E-state index in [2.05, 4.69) is 9.88 Å². The molecule has 2 heterocycles. The minimum atomic E-state index is -0.424. The Morgan fingerprint density at radius 2 is 2.00 bits per heavy atom. The summed E-state index contributed by atoms with van der Waals surface area (Å²) in [7, 11) is 0. The summed E-state index contributed by atoms with van der Waals surface area (Å²) in [4.78, 5) is 18.3. The van der Waals surface area contributed by atoms with E-state index in [9.17, 15) is 9.90 Å². The van der Waals surface area contributed by atoms with Gasteiger partial charge in [-0.1, -0.05) is 0 Å². The summed E-state index contributed by atoms with van der Waals surface area (Å²) >= 11 is 0. The number of esters is 1. The van der Waals surface area contributed by atoms with Gasteiger partial charge >= 0.3 is 5.97 Å². The van der Waals surface area contributed by atoms with Crippen molar-refractivity contribution in [2.75, 3.05) is 18.0 Å². The zero-order chi connectivity index (χ0) is 14.8. The van der Waals surface area contributed by atoms with E-state index in [1.165, 1.54) is 6.20 Å². The smallest absolute Gasteiger partial charge is 0.309 e. The second-order valence-corrected chi connectivity index (χ2v) is 6.17. The Morgan fingerprint density at radius 3 is 2.50 bits per heavy atom. The normalized spacial score (nSPS) is 17.1. The molecule has 0 aromatic carbocycles. The first-order chi connectivity index (χ1) is 9.35. The summed E-state index contributed by atoms with van der Waals surface area (Å²) in [5.41, 5.74) is -0.424. The maximum atomic E-state index is 12.0. The van der Waals surface area contributed by atoms with Crippen molar-refractivity contribution in [3.8, 4) is 5.75 Å². The highest BCUT2D eigenvalue weighted by molar-refractivity contribution is 5.73. The number of aromatic hydroxyl groups is 1. The lowest BCUT2D eigenvalue weighted by atomic mass is 9.96. The Labute approximate surface area is 119 Å². The molecular weight excluding hydrogens is 256 g/mol. The second kappa shape index (κ2) is 5.69. The van der Waals surface area contributed by atoms with E-state index in [-0.39, 0.29) is 17.6 Å². The third-order valence-corrected chi connectivity index (χ3v) is 3.29. The highest BCUT2D eigenvalue weighted by Crippen LogP contribution is 2.25. The number of anilines is 1. The molecule has 0 unspecified atom stereocenters. The van der Waals surface area contributed by atoms with E-state index in [0.717, 1.165) is 31.7 Å². The maximum Gasteiger partial charge on any atom is 0.309 e. The number of nitrogens with zero attached hydrogens (tertiary/aromatic N) is 2.